The Kier molecular flexibility index (Phi) is 6.87. The molecule has 214 valence electrons. The van der Waals surface area contributed by atoms with Crippen LogP contribution < -0.4 is 103 Å². The number of nitrogens with zero attached hydrogens (tertiary/aromatic N) is 4. The number of hydrogen-bond acceptors (Lipinski definition) is 14. The summed E-state index contributed by atoms with van der Waals surface area (Å²) >= 11 is 0. The number of benzene rings is 1. The van der Waals surface area contributed by atoms with Crippen molar-refractivity contribution >= 4 is 42.8 Å². The number of methoxy groups -OCH3 is 3. The third-order valence-electron chi connectivity index (χ3n) is 4.74. The summed E-state index contributed by atoms with van der Waals surface area (Å²) in [7, 11) is -16.4. The fourth-order valence-corrected chi connectivity index (χ4v) is 3.27. The zero-order valence-electron chi connectivity index (χ0n) is 35.9. The number of aromatic nitrogens is 3. The predicted molar refractivity (Wildman–Crippen MR) is 135 cm³/mol. The minimum atomic E-state index is -6.07. The average molecular weight is 639 g/mol. The predicted octanol–water partition coefficient (Wildman–Crippen LogP) is -4.16. The second-order valence-corrected chi connectivity index (χ2v) is 8.97. The van der Waals surface area contributed by atoms with Gasteiger partial charge in [-0.15, -0.1) is 0 Å². The van der Waals surface area contributed by atoms with Gasteiger partial charge in [0.05, 0.1) is 54.3 Å². The molecular weight excluding hydrogens is 600 g/mol. The van der Waals surface area contributed by atoms with E-state index in [-0.39, 0.29) is 69.8 Å². The molecule has 0 unspecified atom stereocenters. The summed E-state index contributed by atoms with van der Waals surface area (Å²) in [5.74, 6) is -9.99. The van der Waals surface area contributed by atoms with Gasteiger partial charge in [0.2, 0.25) is 11.7 Å². The Bertz CT molecular complexity index is 2000. The largest absolute Gasteiger partial charge is 1.00 e. The first-order valence-electron chi connectivity index (χ1n) is 17.4. The molecule has 0 saturated heterocycles. The summed E-state index contributed by atoms with van der Waals surface area (Å²) in [5.41, 5.74) is -2.79. The average Bonchev–Trinajstić information content (AvgIpc) is 2.95. The van der Waals surface area contributed by atoms with Crippen molar-refractivity contribution in [3.05, 3.63) is 36.2 Å². The van der Waals surface area contributed by atoms with Crippen molar-refractivity contribution in [1.82, 2.24) is 15.0 Å². The first-order chi connectivity index (χ1) is 24.3. The van der Waals surface area contributed by atoms with Crippen LogP contribution in [-0.4, -0.2) is 54.3 Å². The van der Waals surface area contributed by atoms with Crippen molar-refractivity contribution in [3.63, 3.8) is 0 Å². The van der Waals surface area contributed by atoms with Gasteiger partial charge in [-0.05, 0) is 26.0 Å². The van der Waals surface area contributed by atoms with E-state index < -0.39 is 118 Å². The maximum Gasteiger partial charge on any atom is 1.00 e. The van der Waals surface area contributed by atoms with Crippen molar-refractivity contribution in [2.75, 3.05) is 43.3 Å². The molecule has 4 rings (SSSR count). The van der Waals surface area contributed by atoms with Gasteiger partial charge in [0, 0.05) is 17.8 Å². The van der Waals surface area contributed by atoms with E-state index in [0.29, 0.717) is 0 Å². The van der Waals surface area contributed by atoms with Crippen molar-refractivity contribution < 1.29 is 125 Å². The number of ether oxygens (including phenoxy) is 4. The van der Waals surface area contributed by atoms with Crippen LogP contribution in [0.25, 0.3) is 0 Å². The number of carbonyl (C=O) groups excluding carboxylic acids is 1. The number of halogens is 1. The monoisotopic (exact) mass is 638 g/mol. The van der Waals surface area contributed by atoms with Crippen LogP contribution in [-0.2, 0) is 13.9 Å². The quantitative estimate of drug-likeness (QED) is 0.161. The molecule has 2 aromatic heterocycles. The molecule has 1 amide bonds. The molecule has 0 aliphatic carbocycles. The van der Waals surface area contributed by atoms with Gasteiger partial charge in [-0.2, -0.15) is 4.98 Å². The number of hydrogen-bond donors (Lipinski definition) is 2. The van der Waals surface area contributed by atoms with Crippen LogP contribution in [0.1, 0.15) is 33.0 Å². The van der Waals surface area contributed by atoms with E-state index in [2.05, 4.69) is 30.1 Å². The third-order valence-corrected chi connectivity index (χ3v) is 5.05. The van der Waals surface area contributed by atoms with Gasteiger partial charge < -0.3 is 48.5 Å². The number of phosphoric ester groups is 1. The van der Waals surface area contributed by atoms with E-state index in [1.54, 1.807) is 0 Å². The fourth-order valence-electron chi connectivity index (χ4n) is 3.09. The summed E-state index contributed by atoms with van der Waals surface area (Å²) in [6, 6.07) is -0.198. The number of carbonyl (C=O) groups is 1. The number of anilines is 5. The van der Waals surface area contributed by atoms with Crippen LogP contribution in [0.3, 0.4) is 0 Å². The van der Waals surface area contributed by atoms with Gasteiger partial charge in [0.1, 0.15) is 12.5 Å². The number of rotatable bonds is 10. The van der Waals surface area contributed by atoms with Crippen molar-refractivity contribution in [3.8, 4) is 23.0 Å². The summed E-state index contributed by atoms with van der Waals surface area (Å²) in [4.78, 5) is 47.0. The summed E-state index contributed by atoms with van der Waals surface area (Å²) in [6.45, 7) is -1.31. The standard InChI is InChI=1S/C23H26FN6O9P.2Na/c1-23(2)21(31)30(11-38-40(32,33)34)20-14(39-23)6-7-17(28-20)27-19-13(24)10-25-22(29-19)26-12-8-15(35-3)18(37-5)16(9-12)36-4;;/h6-10H,11H2,1-5H3,(H2,32,33,34)(H2,25,26,27,28,29);;/q;2*+1/p-2/i3D3,4D3,5D3,8D,9D,10D,11D2;;. The topological polar surface area (TPSA) is 192 Å². The molecule has 42 heavy (non-hydrogen) atoms. The molecule has 2 N–H and O–H groups in total. The number of phosphoric acid groups is 1. The van der Waals surface area contributed by atoms with Gasteiger partial charge in [-0.3, -0.25) is 9.69 Å². The summed E-state index contributed by atoms with van der Waals surface area (Å²) < 4.78 is 158. The number of fused-ring (bicyclic) bond motifs is 1. The molecule has 3 heterocycles. The smallest absolute Gasteiger partial charge is 0.790 e. The second-order valence-electron chi connectivity index (χ2n) is 7.89. The van der Waals surface area contributed by atoms with Gasteiger partial charge in [0.25, 0.3) is 5.91 Å². The van der Waals surface area contributed by atoms with Gasteiger partial charge in [-0.25, -0.2) is 14.4 Å². The Balaban J connectivity index is 0.00000541. The molecule has 0 bridgehead atoms. The molecule has 3 aromatic rings. The number of amides is 1. The Labute approximate surface area is 304 Å². The summed E-state index contributed by atoms with van der Waals surface area (Å²) in [6.07, 6.45) is -1.19. The van der Waals surface area contributed by atoms with E-state index in [1.165, 1.54) is 13.8 Å². The van der Waals surface area contributed by atoms with Crippen LogP contribution in [0.4, 0.5) is 33.5 Å². The molecular formula is C23H24FN6Na2O9P. The van der Waals surface area contributed by atoms with Crippen molar-refractivity contribution in [1.29, 1.82) is 0 Å². The Morgan fingerprint density at radius 1 is 1.14 bits per heavy atom. The molecule has 19 heteroatoms. The maximum atomic E-state index is 15.2. The third kappa shape index (κ3) is 8.23. The van der Waals surface area contributed by atoms with E-state index in [0.717, 1.165) is 12.1 Å². The number of pyridine rings is 1. The minimum absolute atomic E-state index is 0. The normalized spacial score (nSPS) is 19.6. The van der Waals surface area contributed by atoms with Crippen LogP contribution in [0.2, 0.25) is 0 Å². The molecule has 15 nitrogen and oxygen atoms in total. The minimum Gasteiger partial charge on any atom is -0.790 e. The SMILES string of the molecule is [2H]c1nc(Nc2c([2H])c(OC([2H])([2H])[2H])c(OC([2H])([2H])[2H])c(OC([2H])([2H])[2H])c2[2H])nc(Nc2ccc3c(n2)N(C([2H])([2H])OP(=O)([O-])[O-])C(=O)C(C)(C)O3)c1F.[Na+].[Na+]. The zero-order chi connectivity index (χ0) is 41.1. The maximum absolute atomic E-state index is 15.2. The fraction of sp³-hybridized carbons (Fsp3) is 0.304. The van der Waals surface area contributed by atoms with E-state index in [4.69, 9.17) is 38.1 Å². The first-order valence-corrected chi connectivity index (χ1v) is 11.8. The molecule has 0 radical (unpaired) electrons. The summed E-state index contributed by atoms with van der Waals surface area (Å²) in [5, 5.41) is 4.49. The molecule has 0 atom stereocenters. The van der Waals surface area contributed by atoms with Crippen molar-refractivity contribution in [2.45, 2.75) is 19.4 Å². The van der Waals surface area contributed by atoms with E-state index >= 15 is 4.39 Å². The molecule has 0 spiro atoms. The Morgan fingerprint density at radius 3 is 2.43 bits per heavy atom. The molecule has 0 fully saturated rings. The van der Waals surface area contributed by atoms with Gasteiger partial charge in [0.15, 0.2) is 40.3 Å². The number of nitrogens with one attached hydrogen (secondary N) is 2. The van der Waals surface area contributed by atoms with Crippen LogP contribution in [0, 0.1) is 5.82 Å². The van der Waals surface area contributed by atoms with Crippen LogP contribution in [0.5, 0.6) is 23.0 Å². The van der Waals surface area contributed by atoms with E-state index in [9.17, 15) is 19.1 Å². The van der Waals surface area contributed by atoms with Gasteiger partial charge in [-0.1, -0.05) is 0 Å². The Morgan fingerprint density at radius 2 is 1.81 bits per heavy atom. The molecule has 1 aliphatic rings. The van der Waals surface area contributed by atoms with E-state index in [1.807, 2.05) is 0 Å². The van der Waals surface area contributed by atoms with Crippen molar-refractivity contribution in [2.24, 2.45) is 0 Å². The molecule has 0 saturated carbocycles. The molecule has 1 aliphatic heterocycles. The Hall–Kier alpha value is -2.24. The molecule has 1 aromatic carbocycles. The first kappa shape index (κ1) is 19.9. The van der Waals surface area contributed by atoms with Gasteiger partial charge >= 0.3 is 59.1 Å². The van der Waals surface area contributed by atoms with Crippen LogP contribution in [0.15, 0.2) is 30.4 Å². The zero-order valence-corrected chi connectivity index (χ0v) is 26.8. The van der Waals surface area contributed by atoms with Crippen LogP contribution >= 0.6 is 7.82 Å². The second kappa shape index (κ2) is 14.5.